The van der Waals surface area contributed by atoms with Crippen molar-refractivity contribution in [3.8, 4) is 0 Å². The molecule has 2 amide bonds. The Kier molecular flexibility index (Phi) is 12.8. The molecule has 0 aromatic rings. The molecule has 2 aliphatic rings. The topological polar surface area (TPSA) is 103 Å². The number of carbonyl (C=O) groups excluding carboxylic acids is 3. The number of nitrogens with zero attached hydrogens (tertiary/aromatic N) is 1. The van der Waals surface area contributed by atoms with Gasteiger partial charge >= 0.3 is 12.1 Å². The minimum Gasteiger partial charge on any atom is -0.466 e. The smallest absolute Gasteiger partial charge is 0.407 e. The molecule has 1 N–H and O–H groups in total. The Morgan fingerprint density at radius 1 is 0.857 bits per heavy atom. The quantitative estimate of drug-likeness (QED) is 0.324. The molecule has 1 saturated carbocycles. The van der Waals surface area contributed by atoms with Crippen LogP contribution in [0, 0.1) is 17.8 Å². The Morgan fingerprint density at radius 3 is 2.06 bits per heavy atom. The first-order valence-electron chi connectivity index (χ1n) is 13.3. The van der Waals surface area contributed by atoms with Crippen molar-refractivity contribution in [3.63, 3.8) is 0 Å². The zero-order chi connectivity index (χ0) is 25.7. The molecule has 0 unspecified atom stereocenters. The Morgan fingerprint density at radius 2 is 1.46 bits per heavy atom. The number of alkyl carbamates (subject to hydrolysis) is 1. The fraction of sp³-hybridized carbons (Fsp3) is 0.885. The molecule has 0 aromatic carbocycles. The summed E-state index contributed by atoms with van der Waals surface area (Å²) < 4.78 is 21.3. The summed E-state index contributed by atoms with van der Waals surface area (Å²) in [4.78, 5) is 37.9. The van der Waals surface area contributed by atoms with E-state index in [2.05, 4.69) is 5.32 Å². The van der Waals surface area contributed by atoms with Crippen molar-refractivity contribution in [2.24, 2.45) is 17.8 Å². The minimum absolute atomic E-state index is 0.0321. The SMILES string of the molecule is CCOC(=O)C1CCC(C2CCN(C(=O)CCOCCOCCNC(=O)OC(C)(C)C)CC2)CC1. The number of likely N-dealkylation sites (tertiary alicyclic amines) is 1. The molecule has 0 atom stereocenters. The molecule has 1 aliphatic heterocycles. The maximum atomic E-state index is 12.5. The van der Waals surface area contributed by atoms with Gasteiger partial charge in [0, 0.05) is 19.6 Å². The number of piperidine rings is 1. The molecule has 2 fully saturated rings. The summed E-state index contributed by atoms with van der Waals surface area (Å²) in [6.45, 7) is 11.3. The van der Waals surface area contributed by atoms with E-state index in [4.69, 9.17) is 18.9 Å². The van der Waals surface area contributed by atoms with E-state index in [1.165, 1.54) is 0 Å². The maximum Gasteiger partial charge on any atom is 0.407 e. The Balaban J connectivity index is 1.47. The van der Waals surface area contributed by atoms with Gasteiger partial charge in [0.1, 0.15) is 5.60 Å². The first-order chi connectivity index (χ1) is 16.7. The van der Waals surface area contributed by atoms with Crippen LogP contribution in [0.4, 0.5) is 4.79 Å². The van der Waals surface area contributed by atoms with Gasteiger partial charge in [0.05, 0.1) is 45.4 Å². The molecule has 1 saturated heterocycles. The van der Waals surface area contributed by atoms with E-state index in [-0.39, 0.29) is 17.8 Å². The highest BCUT2D eigenvalue weighted by Crippen LogP contribution is 2.38. The van der Waals surface area contributed by atoms with E-state index >= 15 is 0 Å². The van der Waals surface area contributed by atoms with Crippen molar-refractivity contribution in [2.75, 3.05) is 52.7 Å². The molecule has 1 aliphatic carbocycles. The molecule has 9 nitrogen and oxygen atoms in total. The van der Waals surface area contributed by atoms with Crippen molar-refractivity contribution in [3.05, 3.63) is 0 Å². The van der Waals surface area contributed by atoms with E-state index in [1.807, 2.05) is 32.6 Å². The number of esters is 1. The van der Waals surface area contributed by atoms with Gasteiger partial charge in [0.15, 0.2) is 0 Å². The average Bonchev–Trinajstić information content (AvgIpc) is 2.82. The molecule has 0 spiro atoms. The highest BCUT2D eigenvalue weighted by Gasteiger charge is 2.33. The van der Waals surface area contributed by atoms with Gasteiger partial charge in [-0.2, -0.15) is 0 Å². The predicted molar refractivity (Wildman–Crippen MR) is 132 cm³/mol. The predicted octanol–water partition coefficient (Wildman–Crippen LogP) is 3.54. The zero-order valence-corrected chi connectivity index (χ0v) is 22.1. The standard InChI is InChI=1S/C26H46N2O7/c1-5-34-24(30)22-8-6-20(7-9-22)21-10-14-28(15-11-21)23(29)12-16-32-18-19-33-17-13-27-25(31)35-26(2,3)4/h20-22H,5-19H2,1-4H3,(H,27,31). The molecule has 0 bridgehead atoms. The summed E-state index contributed by atoms with van der Waals surface area (Å²) in [5, 5.41) is 2.63. The van der Waals surface area contributed by atoms with E-state index in [0.717, 1.165) is 51.6 Å². The summed E-state index contributed by atoms with van der Waals surface area (Å²) in [7, 11) is 0. The van der Waals surface area contributed by atoms with Gasteiger partial charge in [0.2, 0.25) is 5.91 Å². The largest absolute Gasteiger partial charge is 0.466 e. The lowest BCUT2D eigenvalue weighted by atomic mass is 9.73. The highest BCUT2D eigenvalue weighted by molar-refractivity contribution is 5.76. The van der Waals surface area contributed by atoms with Crippen molar-refractivity contribution in [1.29, 1.82) is 0 Å². The molecule has 35 heavy (non-hydrogen) atoms. The number of carbonyl (C=O) groups is 3. The first kappa shape index (κ1) is 29.4. The number of hydrogen-bond acceptors (Lipinski definition) is 7. The van der Waals surface area contributed by atoms with Gasteiger partial charge in [0.25, 0.3) is 0 Å². The van der Waals surface area contributed by atoms with Crippen LogP contribution in [-0.2, 0) is 28.5 Å². The lowest BCUT2D eigenvalue weighted by Crippen LogP contribution is -2.41. The summed E-state index contributed by atoms with van der Waals surface area (Å²) in [6, 6.07) is 0. The lowest BCUT2D eigenvalue weighted by molar-refractivity contribution is -0.149. The number of rotatable bonds is 12. The van der Waals surface area contributed by atoms with Crippen molar-refractivity contribution >= 4 is 18.0 Å². The molecular weight excluding hydrogens is 452 g/mol. The molecule has 0 radical (unpaired) electrons. The number of ether oxygens (including phenoxy) is 4. The van der Waals surface area contributed by atoms with Crippen molar-refractivity contribution < 1.29 is 33.3 Å². The van der Waals surface area contributed by atoms with E-state index < -0.39 is 11.7 Å². The molecule has 2 rings (SSSR count). The second kappa shape index (κ2) is 15.3. The van der Waals surface area contributed by atoms with Gasteiger partial charge < -0.3 is 29.2 Å². The second-order valence-electron chi connectivity index (χ2n) is 10.5. The van der Waals surface area contributed by atoms with Crippen LogP contribution in [0.1, 0.15) is 72.6 Å². The van der Waals surface area contributed by atoms with Crippen molar-refractivity contribution in [1.82, 2.24) is 10.2 Å². The summed E-state index contributed by atoms with van der Waals surface area (Å²) in [5.74, 6) is 1.51. The molecule has 0 aromatic heterocycles. The first-order valence-corrected chi connectivity index (χ1v) is 13.3. The maximum absolute atomic E-state index is 12.5. The monoisotopic (exact) mass is 498 g/mol. The van der Waals surface area contributed by atoms with Crippen LogP contribution in [0.25, 0.3) is 0 Å². The van der Waals surface area contributed by atoms with Crippen LogP contribution in [0.2, 0.25) is 0 Å². The van der Waals surface area contributed by atoms with Crippen LogP contribution in [0.5, 0.6) is 0 Å². The second-order valence-corrected chi connectivity index (χ2v) is 10.5. The Hall–Kier alpha value is -1.87. The molecule has 202 valence electrons. The van der Waals surface area contributed by atoms with Gasteiger partial charge in [-0.15, -0.1) is 0 Å². The average molecular weight is 499 g/mol. The van der Waals surface area contributed by atoms with Gasteiger partial charge in [-0.3, -0.25) is 9.59 Å². The van der Waals surface area contributed by atoms with E-state index in [1.54, 1.807) is 0 Å². The van der Waals surface area contributed by atoms with Crippen molar-refractivity contribution in [2.45, 2.75) is 78.2 Å². The highest BCUT2D eigenvalue weighted by atomic mass is 16.6. The number of hydrogen-bond donors (Lipinski definition) is 1. The van der Waals surface area contributed by atoms with Gasteiger partial charge in [-0.25, -0.2) is 4.79 Å². The molecular formula is C26H46N2O7. The van der Waals surface area contributed by atoms with E-state index in [0.29, 0.717) is 57.8 Å². The molecule has 9 heteroatoms. The Labute approximate surface area is 210 Å². The van der Waals surface area contributed by atoms with Crippen LogP contribution in [0.15, 0.2) is 0 Å². The Bertz CT molecular complexity index is 649. The van der Waals surface area contributed by atoms with Crippen LogP contribution >= 0.6 is 0 Å². The zero-order valence-electron chi connectivity index (χ0n) is 22.1. The van der Waals surface area contributed by atoms with Crippen LogP contribution < -0.4 is 5.32 Å². The fourth-order valence-corrected chi connectivity index (χ4v) is 4.89. The lowest BCUT2D eigenvalue weighted by Gasteiger charge is -2.38. The van der Waals surface area contributed by atoms with Gasteiger partial charge in [-0.05, 0) is 78.1 Å². The normalized spacial score (nSPS) is 21.4. The summed E-state index contributed by atoms with van der Waals surface area (Å²) >= 11 is 0. The van der Waals surface area contributed by atoms with Gasteiger partial charge in [-0.1, -0.05) is 0 Å². The third-order valence-corrected chi connectivity index (χ3v) is 6.70. The summed E-state index contributed by atoms with van der Waals surface area (Å²) in [6.07, 6.45) is 6.08. The van der Waals surface area contributed by atoms with Crippen LogP contribution in [0.3, 0.4) is 0 Å². The number of nitrogens with one attached hydrogen (secondary N) is 1. The number of amides is 2. The van der Waals surface area contributed by atoms with Crippen LogP contribution in [-0.4, -0.2) is 81.1 Å². The third-order valence-electron chi connectivity index (χ3n) is 6.70. The third kappa shape index (κ3) is 11.6. The van der Waals surface area contributed by atoms with E-state index in [9.17, 15) is 14.4 Å². The summed E-state index contributed by atoms with van der Waals surface area (Å²) in [5.41, 5.74) is -0.516. The minimum atomic E-state index is -0.516. The fourth-order valence-electron chi connectivity index (χ4n) is 4.89. The molecule has 1 heterocycles.